The van der Waals surface area contributed by atoms with Crippen molar-refractivity contribution >= 4 is 17.3 Å². The third-order valence-electron chi connectivity index (χ3n) is 4.32. The fourth-order valence-electron chi connectivity index (χ4n) is 3.51. The molecule has 2 bridgehead atoms. The maximum absolute atomic E-state index is 12.6. The second-order valence-corrected chi connectivity index (χ2v) is 5.28. The number of carbonyl (C=O) groups is 2. The summed E-state index contributed by atoms with van der Waals surface area (Å²) in [4.78, 5) is 35.6. The van der Waals surface area contributed by atoms with Crippen LogP contribution in [0.15, 0.2) is 41.5 Å². The Labute approximate surface area is 113 Å². The average molecular weight is 267 g/mol. The molecule has 0 fully saturated rings. The van der Waals surface area contributed by atoms with Gasteiger partial charge in [-0.15, -0.1) is 0 Å². The number of nitro groups is 1. The van der Waals surface area contributed by atoms with Crippen molar-refractivity contribution in [2.75, 3.05) is 0 Å². The third-order valence-corrected chi connectivity index (χ3v) is 4.32. The molecule has 20 heavy (non-hydrogen) atoms. The van der Waals surface area contributed by atoms with Crippen LogP contribution in [0.3, 0.4) is 0 Å². The van der Waals surface area contributed by atoms with E-state index in [-0.39, 0.29) is 40.2 Å². The number of allylic oxidation sites excluding steroid dienone is 4. The third kappa shape index (κ3) is 1.17. The van der Waals surface area contributed by atoms with E-state index in [0.29, 0.717) is 11.1 Å². The van der Waals surface area contributed by atoms with Gasteiger partial charge >= 0.3 is 0 Å². The highest BCUT2D eigenvalue weighted by Crippen LogP contribution is 2.49. The van der Waals surface area contributed by atoms with Crippen molar-refractivity contribution in [3.63, 3.8) is 0 Å². The minimum atomic E-state index is -0.599. The Kier molecular flexibility index (Phi) is 1.98. The van der Waals surface area contributed by atoms with Crippen LogP contribution in [0.1, 0.15) is 27.1 Å². The molecule has 5 nitrogen and oxygen atoms in total. The molecule has 0 N–H and O–H groups in total. The minimum absolute atomic E-state index is 0.00105. The number of rotatable bonds is 1. The summed E-state index contributed by atoms with van der Waals surface area (Å²) in [5, 5.41) is 11.1. The van der Waals surface area contributed by atoms with Gasteiger partial charge in [0, 0.05) is 34.6 Å². The zero-order chi connectivity index (χ0) is 14.0. The molecule has 98 valence electrons. The van der Waals surface area contributed by atoms with E-state index >= 15 is 0 Å². The van der Waals surface area contributed by atoms with Gasteiger partial charge < -0.3 is 0 Å². The number of nitro benzene ring substituents is 1. The van der Waals surface area contributed by atoms with E-state index in [9.17, 15) is 19.7 Å². The van der Waals surface area contributed by atoms with E-state index in [1.165, 1.54) is 18.2 Å². The summed E-state index contributed by atoms with van der Waals surface area (Å²) in [6, 6.07) is 4.23. The molecule has 0 heterocycles. The summed E-state index contributed by atoms with van der Waals surface area (Å²) in [5.41, 5.74) is 0.880. The van der Waals surface area contributed by atoms with Gasteiger partial charge in [0.05, 0.1) is 4.92 Å². The Morgan fingerprint density at radius 3 is 2.35 bits per heavy atom. The number of fused-ring (bicyclic) bond motifs is 5. The van der Waals surface area contributed by atoms with Crippen molar-refractivity contribution in [1.29, 1.82) is 0 Å². The molecule has 2 unspecified atom stereocenters. The van der Waals surface area contributed by atoms with Crippen molar-refractivity contribution in [3.8, 4) is 0 Å². The quantitative estimate of drug-likeness (QED) is 0.445. The summed E-state index contributed by atoms with van der Waals surface area (Å²) in [6.07, 6.45) is 4.62. The molecule has 0 aliphatic heterocycles. The molecule has 0 aromatic heterocycles. The van der Waals surface area contributed by atoms with Gasteiger partial charge in [-0.05, 0) is 12.5 Å². The summed E-state index contributed by atoms with van der Waals surface area (Å²) in [5.74, 6) is -0.632. The molecule has 2 atom stereocenters. The summed E-state index contributed by atoms with van der Waals surface area (Å²) >= 11 is 0. The van der Waals surface area contributed by atoms with Crippen molar-refractivity contribution in [1.82, 2.24) is 0 Å². The van der Waals surface area contributed by atoms with Gasteiger partial charge in [0.25, 0.3) is 5.69 Å². The molecule has 0 saturated heterocycles. The number of Topliss-reactive ketones (excluding diaryl/α,β-unsaturated/α-hetero) is 2. The largest absolute Gasteiger partial charge is 0.289 e. The number of ketones is 2. The molecule has 0 amide bonds. The highest BCUT2D eigenvalue weighted by molar-refractivity contribution is 6.29. The highest BCUT2D eigenvalue weighted by Gasteiger charge is 2.47. The van der Waals surface area contributed by atoms with E-state index in [1.54, 1.807) is 0 Å². The number of nitrogens with zero attached hydrogens (tertiary/aromatic N) is 1. The van der Waals surface area contributed by atoms with E-state index in [1.807, 2.05) is 12.2 Å². The van der Waals surface area contributed by atoms with Gasteiger partial charge in [0.1, 0.15) is 5.56 Å². The Morgan fingerprint density at radius 2 is 1.70 bits per heavy atom. The van der Waals surface area contributed by atoms with Crippen LogP contribution in [-0.2, 0) is 0 Å². The Morgan fingerprint density at radius 1 is 1.05 bits per heavy atom. The number of carbonyl (C=O) groups excluding carboxylic acids is 2. The van der Waals surface area contributed by atoms with Gasteiger partial charge in [0.2, 0.25) is 0 Å². The molecule has 1 aromatic carbocycles. The normalized spacial score (nSPS) is 26.0. The second kappa shape index (κ2) is 3.50. The van der Waals surface area contributed by atoms with Crippen LogP contribution in [0.25, 0.3) is 0 Å². The first-order chi connectivity index (χ1) is 9.59. The summed E-state index contributed by atoms with van der Waals surface area (Å²) in [7, 11) is 0. The van der Waals surface area contributed by atoms with Gasteiger partial charge in [-0.25, -0.2) is 0 Å². The molecule has 4 rings (SSSR count). The van der Waals surface area contributed by atoms with E-state index in [4.69, 9.17) is 0 Å². The number of benzene rings is 1. The minimum Gasteiger partial charge on any atom is -0.289 e. The summed E-state index contributed by atoms with van der Waals surface area (Å²) in [6.45, 7) is 0. The van der Waals surface area contributed by atoms with Crippen molar-refractivity contribution in [2.45, 2.75) is 6.42 Å². The highest BCUT2D eigenvalue weighted by atomic mass is 16.6. The SMILES string of the molecule is O=C1C2=C(C(=O)c3c1cccc3[N+](=O)[O-])C1C=CC2C1. The zero-order valence-electron chi connectivity index (χ0n) is 10.3. The van der Waals surface area contributed by atoms with E-state index in [0.717, 1.165) is 6.42 Å². The second-order valence-electron chi connectivity index (χ2n) is 5.28. The van der Waals surface area contributed by atoms with E-state index < -0.39 is 4.92 Å². The van der Waals surface area contributed by atoms with Crippen LogP contribution in [-0.4, -0.2) is 16.5 Å². The molecule has 0 saturated carbocycles. The number of hydrogen-bond donors (Lipinski definition) is 0. The van der Waals surface area contributed by atoms with Crippen molar-refractivity contribution in [2.24, 2.45) is 11.8 Å². The molecule has 0 spiro atoms. The smallest absolute Gasteiger partial charge is 0.281 e. The van der Waals surface area contributed by atoms with Crippen LogP contribution in [0.4, 0.5) is 5.69 Å². The molecule has 3 aliphatic carbocycles. The van der Waals surface area contributed by atoms with Crippen LogP contribution in [0.2, 0.25) is 0 Å². The fraction of sp³-hybridized carbons (Fsp3) is 0.200. The maximum Gasteiger partial charge on any atom is 0.281 e. The van der Waals surface area contributed by atoms with Crippen molar-refractivity contribution < 1.29 is 14.5 Å². The van der Waals surface area contributed by atoms with Crippen LogP contribution in [0.5, 0.6) is 0 Å². The number of hydrogen-bond acceptors (Lipinski definition) is 4. The fourth-order valence-corrected chi connectivity index (χ4v) is 3.51. The summed E-state index contributed by atoms with van der Waals surface area (Å²) < 4.78 is 0. The monoisotopic (exact) mass is 267 g/mol. The van der Waals surface area contributed by atoms with Gasteiger partial charge in [-0.3, -0.25) is 19.7 Å². The Hall–Kier alpha value is -2.56. The molecule has 1 aromatic rings. The first kappa shape index (κ1) is 11.3. The zero-order valence-corrected chi connectivity index (χ0v) is 10.3. The molecule has 0 radical (unpaired) electrons. The van der Waals surface area contributed by atoms with Crippen LogP contribution >= 0.6 is 0 Å². The van der Waals surface area contributed by atoms with Crippen LogP contribution in [0, 0.1) is 22.0 Å². The first-order valence-electron chi connectivity index (χ1n) is 6.38. The lowest BCUT2D eigenvalue weighted by Crippen LogP contribution is -2.25. The lowest BCUT2D eigenvalue weighted by atomic mass is 9.79. The van der Waals surface area contributed by atoms with Gasteiger partial charge in [0.15, 0.2) is 11.6 Å². The lowest BCUT2D eigenvalue weighted by molar-refractivity contribution is -0.385. The molecular formula is C15H9NO4. The van der Waals surface area contributed by atoms with Crippen LogP contribution < -0.4 is 0 Å². The Balaban J connectivity index is 2.00. The first-order valence-corrected chi connectivity index (χ1v) is 6.38. The predicted molar refractivity (Wildman–Crippen MR) is 69.5 cm³/mol. The topological polar surface area (TPSA) is 77.3 Å². The molecular weight excluding hydrogens is 258 g/mol. The van der Waals surface area contributed by atoms with Gasteiger partial charge in [-0.1, -0.05) is 18.2 Å². The average Bonchev–Trinajstić information content (AvgIpc) is 3.04. The lowest BCUT2D eigenvalue weighted by Gasteiger charge is -2.21. The molecule has 5 heteroatoms. The van der Waals surface area contributed by atoms with E-state index in [2.05, 4.69) is 0 Å². The Bertz CT molecular complexity index is 772. The standard InChI is InChI=1S/C15H9NO4/c17-14-9-2-1-3-10(16(19)20)13(9)15(18)12-8-5-4-7(6-8)11(12)14/h1-5,7-8H,6H2. The maximum atomic E-state index is 12.6. The van der Waals surface area contributed by atoms with Crippen molar-refractivity contribution in [3.05, 3.63) is 62.7 Å². The van der Waals surface area contributed by atoms with Gasteiger partial charge in [-0.2, -0.15) is 0 Å². The predicted octanol–water partition coefficient (Wildman–Crippen LogP) is 2.48. The molecule has 3 aliphatic rings.